The van der Waals surface area contributed by atoms with Gasteiger partial charge in [-0.3, -0.25) is 9.59 Å². The zero-order valence-corrected chi connectivity index (χ0v) is 12.6. The highest BCUT2D eigenvalue weighted by Crippen LogP contribution is 2.33. The molecule has 0 saturated heterocycles. The predicted molar refractivity (Wildman–Crippen MR) is 78.8 cm³/mol. The molecule has 1 unspecified atom stereocenters. The number of fused-ring (bicyclic) bond motifs is 1. The number of nitrogens with one attached hydrogen (secondary N) is 1. The van der Waals surface area contributed by atoms with Gasteiger partial charge in [-0.1, -0.05) is 18.5 Å². The van der Waals surface area contributed by atoms with Crippen molar-refractivity contribution in [2.24, 2.45) is 5.92 Å². The Hall–Kier alpha value is -1.75. The maximum absolute atomic E-state index is 11.9. The van der Waals surface area contributed by atoms with Gasteiger partial charge in [-0.2, -0.15) is 0 Å². The molecular formula is C15H18ClNO4. The first-order valence-corrected chi connectivity index (χ1v) is 7.28. The lowest BCUT2D eigenvalue weighted by atomic mass is 10.0. The van der Waals surface area contributed by atoms with Crippen LogP contribution in [-0.4, -0.2) is 30.1 Å². The molecule has 5 nitrogen and oxygen atoms in total. The van der Waals surface area contributed by atoms with Crippen LogP contribution in [0.15, 0.2) is 12.1 Å². The number of carbonyl (C=O) groups excluding carboxylic acids is 1. The quantitative estimate of drug-likeness (QED) is 0.843. The van der Waals surface area contributed by atoms with Crippen molar-refractivity contribution in [3.05, 3.63) is 28.3 Å². The van der Waals surface area contributed by atoms with Crippen molar-refractivity contribution in [1.29, 1.82) is 0 Å². The summed E-state index contributed by atoms with van der Waals surface area (Å²) in [6, 6.07) is 3.60. The third-order valence-corrected chi connectivity index (χ3v) is 3.72. The minimum absolute atomic E-state index is 0.160. The summed E-state index contributed by atoms with van der Waals surface area (Å²) >= 11 is 6.04. The zero-order chi connectivity index (χ0) is 15.4. The van der Waals surface area contributed by atoms with Gasteiger partial charge in [0.25, 0.3) is 0 Å². The Morgan fingerprint density at radius 1 is 1.48 bits per heavy atom. The van der Waals surface area contributed by atoms with Gasteiger partial charge in [0, 0.05) is 23.6 Å². The van der Waals surface area contributed by atoms with E-state index in [0.717, 1.165) is 23.3 Å². The van der Waals surface area contributed by atoms with Gasteiger partial charge in [0.05, 0.1) is 18.9 Å². The molecule has 21 heavy (non-hydrogen) atoms. The summed E-state index contributed by atoms with van der Waals surface area (Å²) in [6.07, 6.45) is 1.40. The smallest absolute Gasteiger partial charge is 0.306 e. The average molecular weight is 312 g/mol. The minimum Gasteiger partial charge on any atom is -0.493 e. The molecule has 0 fully saturated rings. The monoisotopic (exact) mass is 311 g/mol. The van der Waals surface area contributed by atoms with Crippen LogP contribution >= 0.6 is 11.6 Å². The van der Waals surface area contributed by atoms with Crippen molar-refractivity contribution in [2.75, 3.05) is 13.2 Å². The van der Waals surface area contributed by atoms with Crippen LogP contribution in [0.5, 0.6) is 5.75 Å². The van der Waals surface area contributed by atoms with Crippen LogP contribution < -0.4 is 10.1 Å². The molecule has 1 heterocycles. The SMILES string of the molecule is CC(CCNC(=O)Cc1cc(Cl)cc2c1OCC2)C(=O)O. The van der Waals surface area contributed by atoms with Crippen LogP contribution in [0, 0.1) is 5.92 Å². The molecule has 2 rings (SSSR count). The summed E-state index contributed by atoms with van der Waals surface area (Å²) in [7, 11) is 0. The van der Waals surface area contributed by atoms with E-state index in [4.69, 9.17) is 21.4 Å². The van der Waals surface area contributed by atoms with Crippen LogP contribution in [0.2, 0.25) is 5.02 Å². The number of carboxylic acids is 1. The van der Waals surface area contributed by atoms with Crippen LogP contribution in [0.1, 0.15) is 24.5 Å². The molecular weight excluding hydrogens is 294 g/mol. The van der Waals surface area contributed by atoms with Crippen LogP contribution in [0.25, 0.3) is 0 Å². The Balaban J connectivity index is 1.90. The van der Waals surface area contributed by atoms with Crippen LogP contribution in [0.3, 0.4) is 0 Å². The Morgan fingerprint density at radius 3 is 2.95 bits per heavy atom. The summed E-state index contributed by atoms with van der Waals surface area (Å²) < 4.78 is 5.54. The molecule has 1 amide bonds. The van der Waals surface area contributed by atoms with Gasteiger partial charge in [0.15, 0.2) is 0 Å². The van der Waals surface area contributed by atoms with Gasteiger partial charge < -0.3 is 15.2 Å². The molecule has 2 N–H and O–H groups in total. The zero-order valence-electron chi connectivity index (χ0n) is 11.8. The second-order valence-corrected chi connectivity index (χ2v) is 5.64. The molecule has 1 aliphatic heterocycles. The largest absolute Gasteiger partial charge is 0.493 e. The predicted octanol–water partition coefficient (Wildman–Crippen LogP) is 2.04. The number of carboxylic acid groups (broad SMARTS) is 1. The van der Waals surface area contributed by atoms with Crippen molar-refractivity contribution in [1.82, 2.24) is 5.32 Å². The van der Waals surface area contributed by atoms with Gasteiger partial charge in [-0.15, -0.1) is 0 Å². The van der Waals surface area contributed by atoms with Crippen molar-refractivity contribution in [2.45, 2.75) is 26.2 Å². The Labute approximate surface area is 128 Å². The number of hydrogen-bond acceptors (Lipinski definition) is 3. The summed E-state index contributed by atoms with van der Waals surface area (Å²) in [5.74, 6) is -0.727. The fraction of sp³-hybridized carbons (Fsp3) is 0.467. The molecule has 114 valence electrons. The number of carbonyl (C=O) groups is 2. The lowest BCUT2D eigenvalue weighted by Gasteiger charge is -2.10. The van der Waals surface area contributed by atoms with E-state index in [-0.39, 0.29) is 12.3 Å². The van der Waals surface area contributed by atoms with E-state index in [2.05, 4.69) is 5.32 Å². The molecule has 1 aromatic rings. The first-order chi connectivity index (χ1) is 9.97. The lowest BCUT2D eigenvalue weighted by Crippen LogP contribution is -2.28. The number of benzene rings is 1. The lowest BCUT2D eigenvalue weighted by molar-refractivity contribution is -0.141. The fourth-order valence-electron chi connectivity index (χ4n) is 2.26. The highest BCUT2D eigenvalue weighted by Gasteiger charge is 2.19. The molecule has 0 spiro atoms. The average Bonchev–Trinajstić information content (AvgIpc) is 2.86. The normalized spacial score (nSPS) is 14.2. The van der Waals surface area contributed by atoms with Gasteiger partial charge >= 0.3 is 5.97 Å². The molecule has 0 bridgehead atoms. The summed E-state index contributed by atoms with van der Waals surface area (Å²) in [6.45, 7) is 2.57. The van der Waals surface area contributed by atoms with Crippen molar-refractivity contribution in [3.63, 3.8) is 0 Å². The van der Waals surface area contributed by atoms with Gasteiger partial charge in [-0.05, 0) is 24.1 Å². The molecule has 0 saturated carbocycles. The Bertz CT molecular complexity index is 559. The number of halogens is 1. The molecule has 0 aromatic heterocycles. The maximum Gasteiger partial charge on any atom is 0.306 e. The number of hydrogen-bond donors (Lipinski definition) is 2. The van der Waals surface area contributed by atoms with E-state index >= 15 is 0 Å². The molecule has 0 aliphatic carbocycles. The number of aliphatic carboxylic acids is 1. The van der Waals surface area contributed by atoms with E-state index < -0.39 is 11.9 Å². The maximum atomic E-state index is 11.9. The second-order valence-electron chi connectivity index (χ2n) is 5.21. The van der Waals surface area contributed by atoms with E-state index in [1.54, 1.807) is 13.0 Å². The molecule has 6 heteroatoms. The highest BCUT2D eigenvalue weighted by atomic mass is 35.5. The third kappa shape index (κ3) is 4.11. The molecule has 1 aliphatic rings. The first kappa shape index (κ1) is 15.6. The Morgan fingerprint density at radius 2 is 2.24 bits per heavy atom. The summed E-state index contributed by atoms with van der Waals surface area (Å²) in [4.78, 5) is 22.6. The van der Waals surface area contributed by atoms with Gasteiger partial charge in [0.1, 0.15) is 5.75 Å². The molecule has 1 atom stereocenters. The van der Waals surface area contributed by atoms with E-state index in [1.165, 1.54) is 0 Å². The van der Waals surface area contributed by atoms with Crippen molar-refractivity contribution in [3.8, 4) is 5.75 Å². The van der Waals surface area contributed by atoms with Crippen molar-refractivity contribution < 1.29 is 19.4 Å². The number of amides is 1. The number of rotatable bonds is 6. The Kier molecular flexibility index (Phi) is 5.07. The topological polar surface area (TPSA) is 75.6 Å². The minimum atomic E-state index is -0.856. The van der Waals surface area contributed by atoms with Gasteiger partial charge in [0.2, 0.25) is 5.91 Å². The second kappa shape index (κ2) is 6.80. The van der Waals surface area contributed by atoms with Crippen molar-refractivity contribution >= 4 is 23.5 Å². The fourth-order valence-corrected chi connectivity index (χ4v) is 2.53. The number of ether oxygens (including phenoxy) is 1. The molecule has 1 aromatic carbocycles. The van der Waals surface area contributed by atoms with E-state index in [0.29, 0.717) is 24.6 Å². The van der Waals surface area contributed by atoms with E-state index in [1.807, 2.05) is 6.07 Å². The summed E-state index contributed by atoms with van der Waals surface area (Å²) in [5, 5.41) is 12.1. The van der Waals surface area contributed by atoms with E-state index in [9.17, 15) is 9.59 Å². The third-order valence-electron chi connectivity index (χ3n) is 3.50. The van der Waals surface area contributed by atoms with Gasteiger partial charge in [-0.25, -0.2) is 0 Å². The molecule has 0 radical (unpaired) electrons. The first-order valence-electron chi connectivity index (χ1n) is 6.91. The standard InChI is InChI=1S/C15H18ClNO4/c1-9(15(19)20)2-4-17-13(18)8-11-7-12(16)6-10-3-5-21-14(10)11/h6-7,9H,2-5,8H2,1H3,(H,17,18)(H,19,20). The van der Waals surface area contributed by atoms with Crippen LogP contribution in [0.4, 0.5) is 0 Å². The van der Waals surface area contributed by atoms with Crippen LogP contribution in [-0.2, 0) is 22.4 Å². The highest BCUT2D eigenvalue weighted by molar-refractivity contribution is 6.30. The summed E-state index contributed by atoms with van der Waals surface area (Å²) in [5.41, 5.74) is 1.81.